The lowest BCUT2D eigenvalue weighted by molar-refractivity contribution is 0.163. The van der Waals surface area contributed by atoms with Crippen LogP contribution in [0, 0.1) is 0 Å². The van der Waals surface area contributed by atoms with Crippen LogP contribution in [0.5, 0.6) is 0 Å². The van der Waals surface area contributed by atoms with Crippen LogP contribution < -0.4 is 0 Å². The van der Waals surface area contributed by atoms with Crippen LogP contribution in [0.2, 0.25) is 18.1 Å². The van der Waals surface area contributed by atoms with E-state index in [0.29, 0.717) is 6.10 Å². The van der Waals surface area contributed by atoms with Crippen molar-refractivity contribution in [3.05, 3.63) is 0 Å². The molecule has 1 aliphatic heterocycles. The molecule has 0 saturated carbocycles. The molecule has 1 nitrogen and oxygen atoms in total. The highest BCUT2D eigenvalue weighted by Crippen LogP contribution is 2.36. The SMILES string of the molecule is CCCCCCCCCCCC(CCC)O[Si]1(CC)CCCC1. The molecule has 0 aromatic rings. The first-order valence-electron chi connectivity index (χ1n) is 10.9. The van der Waals surface area contributed by atoms with Crippen molar-refractivity contribution in [2.75, 3.05) is 0 Å². The zero-order chi connectivity index (χ0) is 16.8. The molecule has 2 heteroatoms. The molecule has 0 aromatic heterocycles. The van der Waals surface area contributed by atoms with Crippen molar-refractivity contribution in [2.45, 2.75) is 135 Å². The van der Waals surface area contributed by atoms with Gasteiger partial charge in [0.15, 0.2) is 8.32 Å². The summed E-state index contributed by atoms with van der Waals surface area (Å²) in [4.78, 5) is 0. The molecule has 1 unspecified atom stereocenters. The van der Waals surface area contributed by atoms with E-state index in [1.165, 1.54) is 108 Å². The molecule has 0 bridgehead atoms. The van der Waals surface area contributed by atoms with E-state index >= 15 is 0 Å². The van der Waals surface area contributed by atoms with E-state index < -0.39 is 8.32 Å². The van der Waals surface area contributed by atoms with Crippen LogP contribution in [0.1, 0.15) is 111 Å². The first-order chi connectivity index (χ1) is 11.3. The minimum Gasteiger partial charge on any atom is -0.414 e. The number of rotatable bonds is 15. The van der Waals surface area contributed by atoms with Crippen LogP contribution in [-0.2, 0) is 4.43 Å². The molecule has 0 amide bonds. The van der Waals surface area contributed by atoms with Crippen LogP contribution in [0.25, 0.3) is 0 Å². The topological polar surface area (TPSA) is 9.23 Å². The fourth-order valence-electron chi connectivity index (χ4n) is 4.19. The van der Waals surface area contributed by atoms with Crippen molar-refractivity contribution >= 4 is 8.32 Å². The van der Waals surface area contributed by atoms with Gasteiger partial charge in [0.05, 0.1) is 0 Å². The van der Waals surface area contributed by atoms with E-state index in [4.69, 9.17) is 4.43 Å². The van der Waals surface area contributed by atoms with Gasteiger partial charge in [-0.3, -0.25) is 0 Å². The maximum Gasteiger partial charge on any atom is 0.192 e. The van der Waals surface area contributed by atoms with Crippen LogP contribution in [0.3, 0.4) is 0 Å². The summed E-state index contributed by atoms with van der Waals surface area (Å²) >= 11 is 0. The largest absolute Gasteiger partial charge is 0.414 e. The highest BCUT2D eigenvalue weighted by molar-refractivity contribution is 6.74. The molecular formula is C21H44OSi. The van der Waals surface area contributed by atoms with Crippen molar-refractivity contribution in [3.8, 4) is 0 Å². The Morgan fingerprint density at radius 2 is 1.26 bits per heavy atom. The fraction of sp³-hybridized carbons (Fsp3) is 1.00. The third-order valence-corrected chi connectivity index (χ3v) is 10.5. The summed E-state index contributed by atoms with van der Waals surface area (Å²) in [5, 5.41) is 0. The molecule has 138 valence electrons. The third kappa shape index (κ3) is 9.29. The lowest BCUT2D eigenvalue weighted by Gasteiger charge is -2.31. The van der Waals surface area contributed by atoms with Gasteiger partial charge in [-0.15, -0.1) is 0 Å². The third-order valence-electron chi connectivity index (χ3n) is 5.82. The van der Waals surface area contributed by atoms with Gasteiger partial charge in [0.1, 0.15) is 0 Å². The maximum atomic E-state index is 6.80. The highest BCUT2D eigenvalue weighted by atomic mass is 28.4. The normalized spacial score (nSPS) is 18.4. The van der Waals surface area contributed by atoms with Gasteiger partial charge in [0.25, 0.3) is 0 Å². The van der Waals surface area contributed by atoms with Crippen molar-refractivity contribution in [3.63, 3.8) is 0 Å². The lowest BCUT2D eigenvalue weighted by Crippen LogP contribution is -2.38. The predicted molar refractivity (Wildman–Crippen MR) is 107 cm³/mol. The van der Waals surface area contributed by atoms with Gasteiger partial charge in [-0.05, 0) is 31.0 Å². The standard InChI is InChI=1S/C21H44OSi/c1-4-7-8-9-10-11-12-13-14-18-21(17-5-2)22-23(6-3)19-15-16-20-23/h21H,4-20H2,1-3H3. The van der Waals surface area contributed by atoms with Gasteiger partial charge < -0.3 is 4.43 Å². The molecule has 0 radical (unpaired) electrons. The van der Waals surface area contributed by atoms with E-state index in [9.17, 15) is 0 Å². The summed E-state index contributed by atoms with van der Waals surface area (Å²) in [6, 6.07) is 4.24. The first-order valence-corrected chi connectivity index (χ1v) is 13.5. The zero-order valence-corrected chi connectivity index (χ0v) is 17.5. The average molecular weight is 341 g/mol. The Balaban J connectivity index is 2.11. The van der Waals surface area contributed by atoms with Crippen molar-refractivity contribution in [1.29, 1.82) is 0 Å². The molecular weight excluding hydrogens is 296 g/mol. The molecule has 1 fully saturated rings. The molecule has 1 rings (SSSR count). The minimum absolute atomic E-state index is 0.592. The van der Waals surface area contributed by atoms with Gasteiger partial charge in [0, 0.05) is 6.10 Å². The van der Waals surface area contributed by atoms with E-state index in [-0.39, 0.29) is 0 Å². The monoisotopic (exact) mass is 340 g/mol. The van der Waals surface area contributed by atoms with Crippen molar-refractivity contribution < 1.29 is 4.43 Å². The summed E-state index contributed by atoms with van der Waals surface area (Å²) in [6.45, 7) is 7.01. The molecule has 0 aliphatic carbocycles. The molecule has 1 heterocycles. The second-order valence-corrected chi connectivity index (χ2v) is 12.2. The molecule has 0 aromatic carbocycles. The summed E-state index contributed by atoms with van der Waals surface area (Å²) in [7, 11) is -1.30. The van der Waals surface area contributed by atoms with E-state index in [1.54, 1.807) is 0 Å². The van der Waals surface area contributed by atoms with E-state index in [2.05, 4.69) is 20.8 Å². The lowest BCUT2D eigenvalue weighted by atomic mass is 10.0. The Kier molecular flexibility index (Phi) is 12.4. The molecule has 1 atom stereocenters. The fourth-order valence-corrected chi connectivity index (χ4v) is 8.29. The van der Waals surface area contributed by atoms with Gasteiger partial charge in [-0.25, -0.2) is 0 Å². The Bertz CT molecular complexity index is 261. The second kappa shape index (κ2) is 13.5. The summed E-state index contributed by atoms with van der Waals surface area (Å²) < 4.78 is 6.80. The van der Waals surface area contributed by atoms with Crippen LogP contribution >= 0.6 is 0 Å². The van der Waals surface area contributed by atoms with E-state index in [1.807, 2.05) is 0 Å². The van der Waals surface area contributed by atoms with Crippen LogP contribution in [0.15, 0.2) is 0 Å². The van der Waals surface area contributed by atoms with Gasteiger partial charge >= 0.3 is 0 Å². The number of unbranched alkanes of at least 4 members (excludes halogenated alkanes) is 8. The minimum atomic E-state index is -1.30. The predicted octanol–water partition coefficient (Wildman–Crippen LogP) is 7.85. The van der Waals surface area contributed by atoms with Crippen LogP contribution in [0.4, 0.5) is 0 Å². The number of hydrogen-bond donors (Lipinski definition) is 0. The van der Waals surface area contributed by atoms with E-state index in [0.717, 1.165) is 0 Å². The number of hydrogen-bond acceptors (Lipinski definition) is 1. The zero-order valence-electron chi connectivity index (χ0n) is 16.5. The summed E-state index contributed by atoms with van der Waals surface area (Å²) in [5.74, 6) is 0. The summed E-state index contributed by atoms with van der Waals surface area (Å²) in [6.07, 6.45) is 20.3. The van der Waals surface area contributed by atoms with Gasteiger partial charge in [0.2, 0.25) is 0 Å². The Morgan fingerprint density at radius 3 is 1.78 bits per heavy atom. The Labute approximate surface area is 148 Å². The Hall–Kier alpha value is 0.177. The first kappa shape index (κ1) is 21.2. The molecule has 23 heavy (non-hydrogen) atoms. The molecule has 0 N–H and O–H groups in total. The Morgan fingerprint density at radius 1 is 0.696 bits per heavy atom. The highest BCUT2D eigenvalue weighted by Gasteiger charge is 2.38. The van der Waals surface area contributed by atoms with Gasteiger partial charge in [-0.1, -0.05) is 97.8 Å². The summed E-state index contributed by atoms with van der Waals surface area (Å²) in [5.41, 5.74) is 0. The van der Waals surface area contributed by atoms with Crippen molar-refractivity contribution in [2.24, 2.45) is 0 Å². The molecule has 1 aliphatic rings. The molecule has 0 spiro atoms. The second-order valence-electron chi connectivity index (χ2n) is 7.89. The smallest absolute Gasteiger partial charge is 0.192 e. The maximum absolute atomic E-state index is 6.80. The van der Waals surface area contributed by atoms with Crippen molar-refractivity contribution in [1.82, 2.24) is 0 Å². The molecule has 1 saturated heterocycles. The quantitative estimate of drug-likeness (QED) is 0.218. The van der Waals surface area contributed by atoms with Crippen LogP contribution in [-0.4, -0.2) is 14.4 Å². The van der Waals surface area contributed by atoms with Gasteiger partial charge in [-0.2, -0.15) is 0 Å². The average Bonchev–Trinajstić information content (AvgIpc) is 3.02.